The number of aromatic nitrogens is 1. The number of ether oxygens (including phenoxy) is 2. The molecule has 0 radical (unpaired) electrons. The third kappa shape index (κ3) is 3.97. The van der Waals surface area contributed by atoms with Crippen molar-refractivity contribution >= 4 is 22.5 Å². The van der Waals surface area contributed by atoms with Crippen LogP contribution >= 0.6 is 0 Å². The summed E-state index contributed by atoms with van der Waals surface area (Å²) in [6.07, 6.45) is 1.61. The Hall–Kier alpha value is -2.83. The summed E-state index contributed by atoms with van der Waals surface area (Å²) in [7, 11) is 1.67. The number of carbonyl (C=O) groups excluding carboxylic acids is 1. The lowest BCUT2D eigenvalue weighted by Crippen LogP contribution is -2.45. The van der Waals surface area contributed by atoms with E-state index in [9.17, 15) is 4.79 Å². The minimum absolute atomic E-state index is 0.118. The highest BCUT2D eigenvalue weighted by molar-refractivity contribution is 5.96. The predicted octanol–water partition coefficient (Wildman–Crippen LogP) is 2.63. The summed E-state index contributed by atoms with van der Waals surface area (Å²) in [4.78, 5) is 12.4. The van der Waals surface area contributed by atoms with Crippen LogP contribution in [0.4, 0.5) is 5.69 Å². The molecule has 0 aliphatic carbocycles. The van der Waals surface area contributed by atoms with Crippen molar-refractivity contribution in [3.05, 3.63) is 60.3 Å². The fourth-order valence-corrected chi connectivity index (χ4v) is 3.32. The van der Waals surface area contributed by atoms with Crippen LogP contribution in [0.25, 0.3) is 10.9 Å². The van der Waals surface area contributed by atoms with Gasteiger partial charge in [0, 0.05) is 31.5 Å². The van der Waals surface area contributed by atoms with Crippen LogP contribution in [0, 0.1) is 0 Å². The summed E-state index contributed by atoms with van der Waals surface area (Å²) >= 11 is 0. The second-order valence-corrected chi connectivity index (χ2v) is 6.62. The topological polar surface area (TPSA) is 64.5 Å². The highest BCUT2D eigenvalue weighted by Gasteiger charge is 2.21. The first-order chi connectivity index (χ1) is 13.2. The van der Waals surface area contributed by atoms with Crippen LogP contribution in [0.15, 0.2) is 54.7 Å². The molecule has 1 saturated heterocycles. The lowest BCUT2D eigenvalue weighted by molar-refractivity contribution is -0.128. The summed E-state index contributed by atoms with van der Waals surface area (Å²) in [5.74, 6) is 0.727. The number of nitrogens with zero attached hydrogens (tertiary/aromatic N) is 1. The molecule has 6 nitrogen and oxygen atoms in total. The Morgan fingerprint density at radius 1 is 1.30 bits per heavy atom. The summed E-state index contributed by atoms with van der Waals surface area (Å²) in [6, 6.07) is 16.1. The van der Waals surface area contributed by atoms with Gasteiger partial charge in [0.1, 0.15) is 11.9 Å². The number of hydrogen-bond donors (Lipinski definition) is 2. The second kappa shape index (κ2) is 7.82. The predicted molar refractivity (Wildman–Crippen MR) is 105 cm³/mol. The number of carbonyl (C=O) groups is 1. The molecule has 27 heavy (non-hydrogen) atoms. The zero-order valence-electron chi connectivity index (χ0n) is 15.3. The number of amides is 1. The summed E-state index contributed by atoms with van der Waals surface area (Å²) in [5.41, 5.74) is 2.99. The molecular formula is C21H23N3O3. The Morgan fingerprint density at radius 3 is 3.04 bits per heavy atom. The minimum atomic E-state index is -0.446. The third-order valence-electron chi connectivity index (χ3n) is 4.75. The molecule has 0 bridgehead atoms. The number of fused-ring (bicyclic) bond motifs is 1. The molecular weight excluding hydrogens is 342 g/mol. The zero-order chi connectivity index (χ0) is 18.6. The van der Waals surface area contributed by atoms with E-state index in [1.54, 1.807) is 7.11 Å². The molecule has 2 N–H and O–H groups in total. The Labute approximate surface area is 158 Å². The van der Waals surface area contributed by atoms with Crippen LogP contribution in [0.5, 0.6) is 5.75 Å². The maximum atomic E-state index is 12.4. The molecule has 1 aromatic heterocycles. The Balaban J connectivity index is 1.54. The van der Waals surface area contributed by atoms with E-state index in [1.807, 2.05) is 36.4 Å². The molecule has 1 aliphatic heterocycles. The average Bonchev–Trinajstić information content (AvgIpc) is 3.11. The molecule has 3 aromatic rings. The van der Waals surface area contributed by atoms with Crippen molar-refractivity contribution in [2.75, 3.05) is 32.1 Å². The van der Waals surface area contributed by atoms with Gasteiger partial charge in [-0.25, -0.2) is 0 Å². The zero-order valence-corrected chi connectivity index (χ0v) is 15.3. The number of nitrogens with one attached hydrogen (secondary N) is 2. The number of benzene rings is 2. The maximum Gasteiger partial charge on any atom is 0.254 e. The SMILES string of the molecule is COc1cccc(Cn2ccc3ccc(NC(=O)[C@@H]4CNCCO4)cc32)c1. The van der Waals surface area contributed by atoms with Crippen LogP contribution in [-0.4, -0.2) is 43.4 Å². The smallest absolute Gasteiger partial charge is 0.254 e. The van der Waals surface area contributed by atoms with Gasteiger partial charge < -0.3 is 24.7 Å². The summed E-state index contributed by atoms with van der Waals surface area (Å²) in [6.45, 7) is 2.61. The quantitative estimate of drug-likeness (QED) is 0.730. The van der Waals surface area contributed by atoms with Gasteiger partial charge in [0.05, 0.1) is 19.2 Å². The van der Waals surface area contributed by atoms with Crippen molar-refractivity contribution in [3.8, 4) is 5.75 Å². The van der Waals surface area contributed by atoms with Gasteiger partial charge in [0.25, 0.3) is 5.91 Å². The van der Waals surface area contributed by atoms with E-state index in [4.69, 9.17) is 9.47 Å². The van der Waals surface area contributed by atoms with Crippen LogP contribution in [0.1, 0.15) is 5.56 Å². The lowest BCUT2D eigenvalue weighted by atomic mass is 10.2. The van der Waals surface area contributed by atoms with Gasteiger partial charge in [0.15, 0.2) is 0 Å². The molecule has 1 atom stereocenters. The fourth-order valence-electron chi connectivity index (χ4n) is 3.32. The van der Waals surface area contributed by atoms with E-state index in [2.05, 4.69) is 33.5 Å². The van der Waals surface area contributed by atoms with E-state index in [-0.39, 0.29) is 5.91 Å². The Bertz CT molecular complexity index is 945. The monoisotopic (exact) mass is 365 g/mol. The molecule has 1 fully saturated rings. The molecule has 0 spiro atoms. The normalized spacial score (nSPS) is 17.0. The molecule has 6 heteroatoms. The third-order valence-corrected chi connectivity index (χ3v) is 4.75. The summed E-state index contributed by atoms with van der Waals surface area (Å²) < 4.78 is 13.0. The van der Waals surface area contributed by atoms with Crippen molar-refractivity contribution in [1.82, 2.24) is 9.88 Å². The summed E-state index contributed by atoms with van der Waals surface area (Å²) in [5, 5.41) is 7.27. The molecule has 0 saturated carbocycles. The van der Waals surface area contributed by atoms with Crippen molar-refractivity contribution in [3.63, 3.8) is 0 Å². The van der Waals surface area contributed by atoms with Gasteiger partial charge in [0.2, 0.25) is 0 Å². The number of hydrogen-bond acceptors (Lipinski definition) is 4. The number of anilines is 1. The van der Waals surface area contributed by atoms with Gasteiger partial charge in [-0.05, 0) is 41.3 Å². The fraction of sp³-hybridized carbons (Fsp3) is 0.286. The molecule has 2 heterocycles. The van der Waals surface area contributed by atoms with Crippen molar-refractivity contribution in [1.29, 1.82) is 0 Å². The molecule has 1 aliphatic rings. The van der Waals surface area contributed by atoms with Gasteiger partial charge in [-0.15, -0.1) is 0 Å². The lowest BCUT2D eigenvalue weighted by Gasteiger charge is -2.22. The number of morpholine rings is 1. The van der Waals surface area contributed by atoms with Crippen molar-refractivity contribution in [2.45, 2.75) is 12.6 Å². The second-order valence-electron chi connectivity index (χ2n) is 6.62. The van der Waals surface area contributed by atoms with Crippen molar-refractivity contribution in [2.24, 2.45) is 0 Å². The first-order valence-electron chi connectivity index (χ1n) is 9.08. The maximum absolute atomic E-state index is 12.4. The number of rotatable bonds is 5. The minimum Gasteiger partial charge on any atom is -0.497 e. The van der Waals surface area contributed by atoms with Gasteiger partial charge in [-0.3, -0.25) is 4.79 Å². The molecule has 4 rings (SSSR count). The van der Waals surface area contributed by atoms with Gasteiger partial charge in [-0.2, -0.15) is 0 Å². The molecule has 140 valence electrons. The van der Waals surface area contributed by atoms with Gasteiger partial charge >= 0.3 is 0 Å². The first kappa shape index (κ1) is 17.6. The standard InChI is InChI=1S/C21H23N3O3/c1-26-18-4-2-3-15(11-18)14-24-9-7-16-5-6-17(12-19(16)24)23-21(25)20-13-22-8-10-27-20/h2-7,9,11-12,20,22H,8,10,13-14H2,1H3,(H,23,25)/t20-/m0/s1. The molecule has 2 aromatic carbocycles. The van der Waals surface area contributed by atoms with E-state index in [1.165, 1.54) is 0 Å². The Morgan fingerprint density at radius 2 is 2.22 bits per heavy atom. The van der Waals surface area contributed by atoms with Gasteiger partial charge in [-0.1, -0.05) is 18.2 Å². The van der Waals surface area contributed by atoms with E-state index in [0.717, 1.165) is 41.0 Å². The van der Waals surface area contributed by atoms with Crippen LogP contribution in [0.3, 0.4) is 0 Å². The number of methoxy groups -OCH3 is 1. The van der Waals surface area contributed by atoms with E-state index < -0.39 is 6.10 Å². The average molecular weight is 365 g/mol. The van der Waals surface area contributed by atoms with Crippen LogP contribution in [-0.2, 0) is 16.1 Å². The molecule has 1 amide bonds. The molecule has 0 unspecified atom stereocenters. The van der Waals surface area contributed by atoms with E-state index in [0.29, 0.717) is 13.2 Å². The highest BCUT2D eigenvalue weighted by atomic mass is 16.5. The Kier molecular flexibility index (Phi) is 5.09. The van der Waals surface area contributed by atoms with Crippen LogP contribution in [0.2, 0.25) is 0 Å². The van der Waals surface area contributed by atoms with E-state index >= 15 is 0 Å². The largest absolute Gasteiger partial charge is 0.497 e. The van der Waals surface area contributed by atoms with Crippen molar-refractivity contribution < 1.29 is 14.3 Å². The highest BCUT2D eigenvalue weighted by Crippen LogP contribution is 2.23. The van der Waals surface area contributed by atoms with Crippen LogP contribution < -0.4 is 15.4 Å². The first-order valence-corrected chi connectivity index (χ1v) is 9.08.